The van der Waals surface area contributed by atoms with Crippen LogP contribution in [0.1, 0.15) is 15.9 Å². The molecular weight excluding hydrogens is 438 g/mol. The zero-order chi connectivity index (χ0) is 22.4. The van der Waals surface area contributed by atoms with Crippen molar-refractivity contribution in [1.29, 1.82) is 0 Å². The lowest BCUT2D eigenvalue weighted by molar-refractivity contribution is -0.135. The molecule has 0 spiro atoms. The summed E-state index contributed by atoms with van der Waals surface area (Å²) in [7, 11) is -2.60. The van der Waals surface area contributed by atoms with Gasteiger partial charge in [-0.2, -0.15) is 0 Å². The number of esters is 1. The number of carbonyl (C=O) groups excluding carboxylic acids is 2. The Morgan fingerprint density at radius 3 is 2.32 bits per heavy atom. The molecule has 2 N–H and O–H groups in total. The highest BCUT2D eigenvalue weighted by atomic mass is 32.2. The first-order chi connectivity index (χ1) is 14.8. The van der Waals surface area contributed by atoms with Crippen LogP contribution in [0.4, 0.5) is 10.8 Å². The van der Waals surface area contributed by atoms with Crippen molar-refractivity contribution in [2.45, 2.75) is 11.8 Å². The second-order valence-electron chi connectivity index (χ2n) is 6.37. The molecule has 0 saturated carbocycles. The molecule has 1 aromatic heterocycles. The fourth-order valence-electron chi connectivity index (χ4n) is 2.51. The van der Waals surface area contributed by atoms with E-state index in [9.17, 15) is 18.0 Å². The Morgan fingerprint density at radius 1 is 1.06 bits per heavy atom. The molecular formula is C21H19N3O5S2. The minimum Gasteiger partial charge on any atom is -0.464 e. The Labute approximate surface area is 183 Å². The number of anilines is 2. The van der Waals surface area contributed by atoms with Crippen LogP contribution in [-0.2, 0) is 19.6 Å². The van der Waals surface area contributed by atoms with E-state index in [-0.39, 0.29) is 21.5 Å². The number of methoxy groups -OCH3 is 1. The van der Waals surface area contributed by atoms with Crippen LogP contribution >= 0.6 is 11.3 Å². The first-order valence-corrected chi connectivity index (χ1v) is 11.4. The summed E-state index contributed by atoms with van der Waals surface area (Å²) in [5.74, 6) is -1.11. The molecule has 0 fully saturated rings. The standard InChI is InChI=1S/C21H19N3O5S2/c1-14-3-5-15(6-4-14)19(25)13-18(20(26)29-2)23-16-7-9-17(10-8-16)31(27,28)24-21-22-11-12-30-21/h3-13,23H,1-2H3,(H,22,24)/b18-13-. The molecule has 2 aromatic carbocycles. The molecule has 0 saturated heterocycles. The van der Waals surface area contributed by atoms with Gasteiger partial charge in [0.15, 0.2) is 10.9 Å². The number of thiazole rings is 1. The van der Waals surface area contributed by atoms with E-state index in [0.717, 1.165) is 23.0 Å². The summed E-state index contributed by atoms with van der Waals surface area (Å²) in [6, 6.07) is 12.6. The van der Waals surface area contributed by atoms with Crippen molar-refractivity contribution in [3.63, 3.8) is 0 Å². The zero-order valence-electron chi connectivity index (χ0n) is 16.7. The highest BCUT2D eigenvalue weighted by Gasteiger charge is 2.17. The number of aromatic nitrogens is 1. The third-order valence-electron chi connectivity index (χ3n) is 4.11. The summed E-state index contributed by atoms with van der Waals surface area (Å²) < 4.78 is 32.0. The molecule has 0 aliphatic heterocycles. The van der Waals surface area contributed by atoms with Crippen molar-refractivity contribution in [1.82, 2.24) is 4.98 Å². The van der Waals surface area contributed by atoms with Crippen molar-refractivity contribution in [2.24, 2.45) is 0 Å². The number of rotatable bonds is 8. The molecule has 31 heavy (non-hydrogen) atoms. The average Bonchev–Trinajstić information content (AvgIpc) is 3.25. The second kappa shape index (κ2) is 9.54. The smallest absolute Gasteiger partial charge is 0.354 e. The van der Waals surface area contributed by atoms with Gasteiger partial charge < -0.3 is 10.1 Å². The van der Waals surface area contributed by atoms with Crippen LogP contribution in [0.3, 0.4) is 0 Å². The lowest BCUT2D eigenvalue weighted by Gasteiger charge is -2.10. The highest BCUT2D eigenvalue weighted by molar-refractivity contribution is 7.93. The summed E-state index contributed by atoms with van der Waals surface area (Å²) >= 11 is 1.16. The van der Waals surface area contributed by atoms with E-state index >= 15 is 0 Å². The third-order valence-corrected chi connectivity index (χ3v) is 6.29. The van der Waals surface area contributed by atoms with Crippen molar-refractivity contribution in [2.75, 3.05) is 17.1 Å². The normalized spacial score (nSPS) is 11.6. The molecule has 0 aliphatic rings. The monoisotopic (exact) mass is 457 g/mol. The van der Waals surface area contributed by atoms with Crippen molar-refractivity contribution >= 4 is 43.9 Å². The van der Waals surface area contributed by atoms with Gasteiger partial charge in [0.2, 0.25) is 0 Å². The Hall–Kier alpha value is -3.50. The van der Waals surface area contributed by atoms with E-state index in [4.69, 9.17) is 4.74 Å². The van der Waals surface area contributed by atoms with E-state index in [1.807, 2.05) is 6.92 Å². The maximum absolute atomic E-state index is 12.5. The topological polar surface area (TPSA) is 114 Å². The van der Waals surface area contributed by atoms with Gasteiger partial charge >= 0.3 is 5.97 Å². The van der Waals surface area contributed by atoms with Gasteiger partial charge in [-0.15, -0.1) is 11.3 Å². The number of nitrogens with zero attached hydrogens (tertiary/aromatic N) is 1. The number of sulfonamides is 1. The number of ketones is 1. The minimum atomic E-state index is -3.80. The minimum absolute atomic E-state index is 0.0209. The fourth-order valence-corrected chi connectivity index (χ4v) is 4.30. The van der Waals surface area contributed by atoms with Crippen molar-refractivity contribution < 1.29 is 22.7 Å². The number of allylic oxidation sites excluding steroid dienone is 1. The van der Waals surface area contributed by atoms with Gasteiger partial charge in [0, 0.05) is 28.9 Å². The average molecular weight is 458 g/mol. The SMILES string of the molecule is COC(=O)/C(=C/C(=O)c1ccc(C)cc1)Nc1ccc(S(=O)(=O)Nc2nccs2)cc1. The number of ether oxygens (including phenoxy) is 1. The molecule has 0 amide bonds. The van der Waals surface area contributed by atoms with Crippen LogP contribution in [0.15, 0.2) is 76.8 Å². The Balaban J connectivity index is 1.79. The summed E-state index contributed by atoms with van der Waals surface area (Å²) in [4.78, 5) is 28.5. The number of hydrogen-bond acceptors (Lipinski definition) is 8. The number of hydrogen-bond donors (Lipinski definition) is 2. The van der Waals surface area contributed by atoms with Gasteiger partial charge in [-0.25, -0.2) is 18.2 Å². The molecule has 160 valence electrons. The zero-order valence-corrected chi connectivity index (χ0v) is 18.3. The fraction of sp³-hybridized carbons (Fsp3) is 0.0952. The number of benzene rings is 2. The highest BCUT2D eigenvalue weighted by Crippen LogP contribution is 2.20. The van der Waals surface area contributed by atoms with Crippen LogP contribution in [-0.4, -0.2) is 32.3 Å². The first kappa shape index (κ1) is 22.2. The van der Waals surface area contributed by atoms with Crippen molar-refractivity contribution in [3.8, 4) is 0 Å². The Bertz CT molecular complexity index is 1200. The molecule has 0 bridgehead atoms. The maximum Gasteiger partial charge on any atom is 0.354 e. The predicted molar refractivity (Wildman–Crippen MR) is 119 cm³/mol. The first-order valence-electron chi connectivity index (χ1n) is 8.99. The van der Waals surface area contributed by atoms with E-state index < -0.39 is 16.0 Å². The van der Waals surface area contributed by atoms with Gasteiger partial charge in [0.1, 0.15) is 5.70 Å². The molecule has 0 aliphatic carbocycles. The lowest BCUT2D eigenvalue weighted by Crippen LogP contribution is -2.15. The molecule has 3 rings (SSSR count). The molecule has 0 radical (unpaired) electrons. The van der Waals surface area contributed by atoms with Gasteiger partial charge in [0.25, 0.3) is 10.0 Å². The largest absolute Gasteiger partial charge is 0.464 e. The summed E-state index contributed by atoms with van der Waals surface area (Å²) in [5.41, 5.74) is 1.75. The van der Waals surface area contributed by atoms with Gasteiger partial charge in [-0.05, 0) is 31.2 Å². The molecule has 0 unspecified atom stereocenters. The third kappa shape index (κ3) is 5.77. The van der Waals surface area contributed by atoms with Crippen LogP contribution in [0, 0.1) is 6.92 Å². The lowest BCUT2D eigenvalue weighted by atomic mass is 10.1. The van der Waals surface area contributed by atoms with Crippen LogP contribution in [0.5, 0.6) is 0 Å². The number of aryl methyl sites for hydroxylation is 1. The van der Waals surface area contributed by atoms with E-state index in [0.29, 0.717) is 11.3 Å². The predicted octanol–water partition coefficient (Wildman–Crippen LogP) is 3.60. The summed E-state index contributed by atoms with van der Waals surface area (Å²) in [6.45, 7) is 1.90. The second-order valence-corrected chi connectivity index (χ2v) is 8.95. The van der Waals surface area contributed by atoms with E-state index in [1.165, 1.54) is 37.6 Å². The van der Waals surface area contributed by atoms with Crippen LogP contribution in [0.2, 0.25) is 0 Å². The molecule has 8 nitrogen and oxygen atoms in total. The number of nitrogens with one attached hydrogen (secondary N) is 2. The Kier molecular flexibility index (Phi) is 6.83. The molecule has 0 atom stereocenters. The van der Waals surface area contributed by atoms with Crippen molar-refractivity contribution in [3.05, 3.63) is 83.0 Å². The molecule has 3 aromatic rings. The van der Waals surface area contributed by atoms with Crippen LogP contribution in [0.25, 0.3) is 0 Å². The molecule has 1 heterocycles. The summed E-state index contributed by atoms with van der Waals surface area (Å²) in [6.07, 6.45) is 2.64. The Morgan fingerprint density at radius 2 is 1.74 bits per heavy atom. The quantitative estimate of drug-likeness (QED) is 0.302. The summed E-state index contributed by atoms with van der Waals surface area (Å²) in [5, 5.41) is 4.72. The molecule has 10 heteroatoms. The maximum atomic E-state index is 12.5. The van der Waals surface area contributed by atoms with E-state index in [1.54, 1.807) is 29.6 Å². The van der Waals surface area contributed by atoms with E-state index in [2.05, 4.69) is 15.0 Å². The van der Waals surface area contributed by atoms with Crippen LogP contribution < -0.4 is 10.0 Å². The number of carbonyl (C=O) groups is 2. The van der Waals surface area contributed by atoms with Gasteiger partial charge in [-0.3, -0.25) is 9.52 Å². The van der Waals surface area contributed by atoms with Gasteiger partial charge in [-0.1, -0.05) is 29.8 Å². The van der Waals surface area contributed by atoms with Gasteiger partial charge in [0.05, 0.1) is 12.0 Å².